The van der Waals surface area contributed by atoms with E-state index in [1.165, 1.54) is 11.8 Å². The van der Waals surface area contributed by atoms with Crippen molar-refractivity contribution in [2.75, 3.05) is 0 Å². The molecule has 0 unspecified atom stereocenters. The summed E-state index contributed by atoms with van der Waals surface area (Å²) in [5.41, 5.74) is 2.17. The number of pyridine rings is 1. The second-order valence-electron chi connectivity index (χ2n) is 6.14. The number of furan rings is 1. The Labute approximate surface area is 176 Å². The van der Waals surface area contributed by atoms with Gasteiger partial charge in [-0.15, -0.1) is 0 Å². The summed E-state index contributed by atoms with van der Waals surface area (Å²) in [7, 11) is 0. The second kappa shape index (κ2) is 8.42. The zero-order chi connectivity index (χ0) is 20.2. The zero-order valence-corrected chi connectivity index (χ0v) is 16.7. The molecule has 1 aliphatic heterocycles. The van der Waals surface area contributed by atoms with Crippen LogP contribution in [-0.2, 0) is 11.3 Å². The van der Waals surface area contributed by atoms with Gasteiger partial charge in [0.05, 0.1) is 17.1 Å². The van der Waals surface area contributed by atoms with E-state index in [-0.39, 0.29) is 11.8 Å². The molecule has 1 aliphatic rings. The van der Waals surface area contributed by atoms with Gasteiger partial charge in [0.15, 0.2) is 0 Å². The van der Waals surface area contributed by atoms with Gasteiger partial charge in [0.2, 0.25) is 0 Å². The predicted octanol–water partition coefficient (Wildman–Crippen LogP) is 3.76. The van der Waals surface area contributed by atoms with Gasteiger partial charge in [0.1, 0.15) is 15.8 Å². The number of amides is 2. The van der Waals surface area contributed by atoms with Crippen molar-refractivity contribution < 1.29 is 14.0 Å². The molecule has 1 fully saturated rings. The molecule has 2 aromatic heterocycles. The summed E-state index contributed by atoms with van der Waals surface area (Å²) >= 11 is 6.18. The molecule has 1 aromatic carbocycles. The van der Waals surface area contributed by atoms with Crippen molar-refractivity contribution in [3.05, 3.63) is 82.7 Å². The molecule has 2 N–H and O–H groups in total. The van der Waals surface area contributed by atoms with Crippen LogP contribution in [0.4, 0.5) is 0 Å². The quantitative estimate of drug-likeness (QED) is 0.482. The van der Waals surface area contributed by atoms with Crippen molar-refractivity contribution >= 4 is 46.2 Å². The number of thioether (sulfide) groups is 1. The number of hydrogen-bond acceptors (Lipinski definition) is 6. The van der Waals surface area contributed by atoms with Crippen LogP contribution in [0.1, 0.15) is 21.8 Å². The number of benzene rings is 1. The van der Waals surface area contributed by atoms with Gasteiger partial charge in [-0.05, 0) is 36.4 Å². The normalized spacial score (nSPS) is 14.8. The molecular weight excluding hydrogens is 406 g/mol. The second-order valence-corrected chi connectivity index (χ2v) is 7.85. The third kappa shape index (κ3) is 4.61. The molecule has 2 amide bonds. The fourth-order valence-electron chi connectivity index (χ4n) is 2.70. The Bertz CT molecular complexity index is 1110. The SMILES string of the molecule is O=C1NC(=S)SC1=Cc1ccc(-c2ccc(C(=O)NCc3ccccn3)cc2)o1. The molecular formula is C21H15N3O3S2. The molecule has 3 aromatic rings. The van der Waals surface area contributed by atoms with Gasteiger partial charge in [-0.3, -0.25) is 14.6 Å². The molecule has 0 saturated carbocycles. The Kier molecular flexibility index (Phi) is 5.55. The zero-order valence-electron chi connectivity index (χ0n) is 15.0. The molecule has 0 radical (unpaired) electrons. The Balaban J connectivity index is 1.42. The van der Waals surface area contributed by atoms with Crippen molar-refractivity contribution in [3.8, 4) is 11.3 Å². The van der Waals surface area contributed by atoms with Crippen molar-refractivity contribution in [2.45, 2.75) is 6.54 Å². The lowest BCUT2D eigenvalue weighted by atomic mass is 10.1. The van der Waals surface area contributed by atoms with Crippen LogP contribution in [0.5, 0.6) is 0 Å². The van der Waals surface area contributed by atoms with Gasteiger partial charge >= 0.3 is 0 Å². The Morgan fingerprint density at radius 2 is 2.00 bits per heavy atom. The van der Waals surface area contributed by atoms with Crippen molar-refractivity contribution in [1.29, 1.82) is 0 Å². The third-order valence-corrected chi connectivity index (χ3v) is 5.29. The molecule has 0 spiro atoms. The minimum atomic E-state index is -0.223. The van der Waals surface area contributed by atoms with Gasteiger partial charge in [0, 0.05) is 23.4 Å². The topological polar surface area (TPSA) is 84.2 Å². The van der Waals surface area contributed by atoms with Crippen molar-refractivity contribution in [1.82, 2.24) is 15.6 Å². The Morgan fingerprint density at radius 3 is 2.69 bits per heavy atom. The summed E-state index contributed by atoms with van der Waals surface area (Å²) in [6, 6.07) is 16.3. The number of nitrogens with zero attached hydrogens (tertiary/aromatic N) is 1. The van der Waals surface area contributed by atoms with Crippen LogP contribution in [0.15, 0.2) is 70.1 Å². The molecule has 6 nitrogen and oxygen atoms in total. The molecule has 3 heterocycles. The molecule has 0 bridgehead atoms. The van der Waals surface area contributed by atoms with Crippen LogP contribution in [-0.4, -0.2) is 21.1 Å². The molecule has 0 atom stereocenters. The standard InChI is InChI=1S/C21H15N3O3S2/c25-19(23-12-15-3-1-2-10-22-15)14-6-4-13(5-7-14)17-9-8-16(27-17)11-18-20(26)24-21(28)29-18/h1-11H,12H2,(H,23,25)(H,24,26,28). The maximum absolute atomic E-state index is 12.3. The summed E-state index contributed by atoms with van der Waals surface area (Å²) in [6.07, 6.45) is 3.35. The van der Waals surface area contributed by atoms with E-state index in [1.54, 1.807) is 30.5 Å². The molecule has 4 rings (SSSR count). The van der Waals surface area contributed by atoms with E-state index >= 15 is 0 Å². The summed E-state index contributed by atoms with van der Waals surface area (Å²) in [5.74, 6) is 0.800. The van der Waals surface area contributed by atoms with Crippen molar-refractivity contribution in [3.63, 3.8) is 0 Å². The van der Waals surface area contributed by atoms with E-state index in [2.05, 4.69) is 15.6 Å². The first-order valence-corrected chi connectivity index (χ1v) is 9.94. The fourth-order valence-corrected chi connectivity index (χ4v) is 3.72. The number of thiocarbonyl (C=S) groups is 1. The van der Waals surface area contributed by atoms with E-state index < -0.39 is 0 Å². The van der Waals surface area contributed by atoms with E-state index in [9.17, 15) is 9.59 Å². The lowest BCUT2D eigenvalue weighted by molar-refractivity contribution is -0.115. The first-order chi connectivity index (χ1) is 14.1. The first kappa shape index (κ1) is 19.1. The van der Waals surface area contributed by atoms with Crippen LogP contribution in [0.25, 0.3) is 17.4 Å². The lowest BCUT2D eigenvalue weighted by Crippen LogP contribution is -2.23. The van der Waals surface area contributed by atoms with Crippen molar-refractivity contribution in [2.24, 2.45) is 0 Å². The highest BCUT2D eigenvalue weighted by molar-refractivity contribution is 8.26. The number of hydrogen-bond donors (Lipinski definition) is 2. The van der Waals surface area contributed by atoms with Crippen LogP contribution in [0.3, 0.4) is 0 Å². The number of carbonyl (C=O) groups excluding carboxylic acids is 2. The summed E-state index contributed by atoms with van der Waals surface area (Å²) < 4.78 is 6.23. The summed E-state index contributed by atoms with van der Waals surface area (Å²) in [6.45, 7) is 0.368. The summed E-state index contributed by atoms with van der Waals surface area (Å²) in [5, 5.41) is 5.41. The maximum atomic E-state index is 12.3. The van der Waals surface area contributed by atoms with Gasteiger partial charge in [0.25, 0.3) is 11.8 Å². The van der Waals surface area contributed by atoms with E-state index in [1.807, 2.05) is 36.4 Å². The maximum Gasteiger partial charge on any atom is 0.263 e. The highest BCUT2D eigenvalue weighted by Gasteiger charge is 2.22. The Hall–Kier alpha value is -3.23. The highest BCUT2D eigenvalue weighted by atomic mass is 32.2. The van der Waals surface area contributed by atoms with Crippen LogP contribution < -0.4 is 10.6 Å². The highest BCUT2D eigenvalue weighted by Crippen LogP contribution is 2.28. The van der Waals surface area contributed by atoms with E-state index in [0.29, 0.717) is 32.9 Å². The van der Waals surface area contributed by atoms with Gasteiger partial charge < -0.3 is 15.1 Å². The first-order valence-electron chi connectivity index (χ1n) is 8.72. The monoisotopic (exact) mass is 421 g/mol. The largest absolute Gasteiger partial charge is 0.457 e. The van der Waals surface area contributed by atoms with Gasteiger partial charge in [-0.1, -0.05) is 42.2 Å². The number of nitrogens with one attached hydrogen (secondary N) is 2. The smallest absolute Gasteiger partial charge is 0.263 e. The van der Waals surface area contributed by atoms with Gasteiger partial charge in [-0.2, -0.15) is 0 Å². The van der Waals surface area contributed by atoms with E-state index in [4.69, 9.17) is 16.6 Å². The average Bonchev–Trinajstić information content (AvgIpc) is 3.33. The predicted molar refractivity (Wildman–Crippen MR) is 116 cm³/mol. The van der Waals surface area contributed by atoms with Gasteiger partial charge in [-0.25, -0.2) is 0 Å². The number of aromatic nitrogens is 1. The average molecular weight is 422 g/mol. The molecule has 144 valence electrons. The Morgan fingerprint density at radius 1 is 1.17 bits per heavy atom. The minimum Gasteiger partial charge on any atom is -0.457 e. The number of carbonyl (C=O) groups is 2. The minimum absolute atomic E-state index is 0.174. The molecule has 1 saturated heterocycles. The van der Waals surface area contributed by atoms with Crippen LogP contribution >= 0.6 is 24.0 Å². The summed E-state index contributed by atoms with van der Waals surface area (Å²) in [4.78, 5) is 28.7. The third-order valence-electron chi connectivity index (χ3n) is 4.13. The van der Waals surface area contributed by atoms with E-state index in [0.717, 1.165) is 11.3 Å². The molecule has 29 heavy (non-hydrogen) atoms. The fraction of sp³-hybridized carbons (Fsp3) is 0.0476. The number of rotatable bonds is 5. The molecule has 0 aliphatic carbocycles. The lowest BCUT2D eigenvalue weighted by Gasteiger charge is -2.05. The van der Waals surface area contributed by atoms with Crippen LogP contribution in [0.2, 0.25) is 0 Å². The van der Waals surface area contributed by atoms with Crippen LogP contribution in [0, 0.1) is 0 Å². The molecule has 8 heteroatoms.